The number of carboxylic acids is 1. The van der Waals surface area contributed by atoms with E-state index in [1.54, 1.807) is 11.8 Å². The Morgan fingerprint density at radius 1 is 1.50 bits per heavy atom. The van der Waals surface area contributed by atoms with E-state index in [-0.39, 0.29) is 11.4 Å². The van der Waals surface area contributed by atoms with Gasteiger partial charge in [-0.2, -0.15) is 0 Å². The number of fused-ring (bicyclic) bond motifs is 1. The van der Waals surface area contributed by atoms with Crippen LogP contribution in [0.4, 0.5) is 0 Å². The van der Waals surface area contributed by atoms with Crippen LogP contribution in [-0.4, -0.2) is 16.0 Å². The molecule has 0 saturated heterocycles. The highest BCUT2D eigenvalue weighted by molar-refractivity contribution is 8.00. The predicted molar refractivity (Wildman–Crippen MR) is 63.0 cm³/mol. The summed E-state index contributed by atoms with van der Waals surface area (Å²) in [6.07, 6.45) is 0.667. The zero-order chi connectivity index (χ0) is 11.8. The van der Waals surface area contributed by atoms with Crippen LogP contribution >= 0.6 is 11.8 Å². The summed E-state index contributed by atoms with van der Waals surface area (Å²) in [4.78, 5) is 11.4. The van der Waals surface area contributed by atoms with Gasteiger partial charge in [-0.25, -0.2) is 0 Å². The normalized spacial score (nSPS) is 16.6. The Hall–Kier alpha value is -1.16. The first-order valence-electron chi connectivity index (χ1n) is 5.20. The number of hydrogen-bond donors (Lipinski definition) is 1. The number of aryl methyl sites for hydroxylation is 1. The zero-order valence-corrected chi connectivity index (χ0v) is 10.1. The number of ether oxygens (including phenoxy) is 1. The van der Waals surface area contributed by atoms with Crippen molar-refractivity contribution in [3.63, 3.8) is 0 Å². The lowest BCUT2D eigenvalue weighted by molar-refractivity contribution is -0.136. The molecule has 0 aromatic heterocycles. The monoisotopic (exact) mass is 238 g/mol. The largest absolute Gasteiger partial charge is 0.481 e. The lowest BCUT2D eigenvalue weighted by atomic mass is 10.1. The Balaban J connectivity index is 2.23. The number of aliphatic carboxylic acids is 1. The fourth-order valence-corrected chi connectivity index (χ4v) is 2.79. The molecule has 4 heteroatoms. The predicted octanol–water partition coefficient (Wildman–Crippen LogP) is 2.92. The van der Waals surface area contributed by atoms with Crippen LogP contribution in [0.2, 0.25) is 0 Å². The van der Waals surface area contributed by atoms with Crippen LogP contribution in [0.3, 0.4) is 0 Å². The van der Waals surface area contributed by atoms with E-state index >= 15 is 0 Å². The van der Waals surface area contributed by atoms with Crippen molar-refractivity contribution in [2.24, 2.45) is 0 Å². The Morgan fingerprint density at radius 3 is 2.94 bits per heavy atom. The standard InChI is InChI=1S/C12H14O3S/c1-12(2)15-11-8(6-7-10(13)14)4-3-5-9(11)16-12/h3-5H,6-7H2,1-2H3,(H,13,14). The van der Waals surface area contributed by atoms with E-state index in [1.165, 1.54) is 0 Å². The zero-order valence-electron chi connectivity index (χ0n) is 9.32. The topological polar surface area (TPSA) is 46.5 Å². The molecule has 3 nitrogen and oxygen atoms in total. The summed E-state index contributed by atoms with van der Waals surface area (Å²) >= 11 is 1.67. The van der Waals surface area contributed by atoms with E-state index < -0.39 is 5.97 Å². The highest BCUT2D eigenvalue weighted by Gasteiger charge is 2.32. The molecule has 0 radical (unpaired) electrons. The van der Waals surface area contributed by atoms with Gasteiger partial charge >= 0.3 is 5.97 Å². The van der Waals surface area contributed by atoms with E-state index in [1.807, 2.05) is 32.0 Å². The molecule has 1 aromatic rings. The molecule has 0 spiro atoms. The van der Waals surface area contributed by atoms with E-state index in [4.69, 9.17) is 9.84 Å². The quantitative estimate of drug-likeness (QED) is 0.879. The summed E-state index contributed by atoms with van der Waals surface area (Å²) in [7, 11) is 0. The Bertz CT molecular complexity index is 426. The highest BCUT2D eigenvalue weighted by Crippen LogP contribution is 2.48. The number of benzene rings is 1. The van der Waals surface area contributed by atoms with Crippen molar-refractivity contribution in [1.29, 1.82) is 0 Å². The lowest BCUT2D eigenvalue weighted by Gasteiger charge is -2.16. The first-order chi connectivity index (χ1) is 7.48. The van der Waals surface area contributed by atoms with Gasteiger partial charge < -0.3 is 9.84 Å². The van der Waals surface area contributed by atoms with Crippen LogP contribution in [0.25, 0.3) is 0 Å². The van der Waals surface area contributed by atoms with Crippen LogP contribution in [0.15, 0.2) is 23.1 Å². The third-order valence-electron chi connectivity index (χ3n) is 2.37. The second-order valence-electron chi connectivity index (χ2n) is 4.24. The molecule has 0 bridgehead atoms. The Labute approximate surface area is 98.8 Å². The molecule has 0 aliphatic carbocycles. The maximum atomic E-state index is 10.6. The molecular weight excluding hydrogens is 224 g/mol. The van der Waals surface area contributed by atoms with Gasteiger partial charge in [0.25, 0.3) is 0 Å². The second kappa shape index (κ2) is 4.01. The summed E-state index contributed by atoms with van der Waals surface area (Å²) in [5.74, 6) is 0.0845. The maximum Gasteiger partial charge on any atom is 0.303 e. The van der Waals surface area contributed by atoms with Crippen molar-refractivity contribution in [1.82, 2.24) is 0 Å². The SMILES string of the molecule is CC1(C)Oc2c(CCC(=O)O)cccc2S1. The highest BCUT2D eigenvalue weighted by atomic mass is 32.2. The van der Waals surface area contributed by atoms with E-state index in [0.29, 0.717) is 6.42 Å². The molecular formula is C12H14O3S. The minimum atomic E-state index is -0.775. The summed E-state index contributed by atoms with van der Waals surface area (Å²) in [5.41, 5.74) is 0.984. The number of thioether (sulfide) groups is 1. The van der Waals surface area contributed by atoms with Gasteiger partial charge in [0.1, 0.15) is 5.75 Å². The molecule has 16 heavy (non-hydrogen) atoms. The minimum Gasteiger partial charge on any atom is -0.481 e. The van der Waals surface area contributed by atoms with E-state index in [0.717, 1.165) is 16.2 Å². The number of carbonyl (C=O) groups is 1. The number of hydrogen-bond acceptors (Lipinski definition) is 3. The fourth-order valence-electron chi connectivity index (χ4n) is 1.73. The fraction of sp³-hybridized carbons (Fsp3) is 0.417. The molecule has 0 amide bonds. The molecule has 0 atom stereocenters. The van der Waals surface area contributed by atoms with Gasteiger partial charge in [-0.05, 0) is 31.9 Å². The van der Waals surface area contributed by atoms with Gasteiger partial charge in [0, 0.05) is 6.42 Å². The van der Waals surface area contributed by atoms with Crippen molar-refractivity contribution in [2.75, 3.05) is 0 Å². The van der Waals surface area contributed by atoms with Crippen molar-refractivity contribution >= 4 is 17.7 Å². The van der Waals surface area contributed by atoms with Crippen LogP contribution in [0.5, 0.6) is 5.75 Å². The molecule has 2 rings (SSSR count). The molecule has 0 fully saturated rings. The van der Waals surface area contributed by atoms with Crippen molar-refractivity contribution < 1.29 is 14.6 Å². The molecule has 86 valence electrons. The summed E-state index contributed by atoms with van der Waals surface area (Å²) in [6, 6.07) is 5.90. The molecule has 1 heterocycles. The maximum absolute atomic E-state index is 10.6. The van der Waals surface area contributed by atoms with Gasteiger partial charge in [0.05, 0.1) is 4.90 Å². The van der Waals surface area contributed by atoms with Gasteiger partial charge in [-0.15, -0.1) is 0 Å². The van der Waals surface area contributed by atoms with Crippen LogP contribution in [-0.2, 0) is 11.2 Å². The smallest absolute Gasteiger partial charge is 0.303 e. The van der Waals surface area contributed by atoms with E-state index in [9.17, 15) is 4.79 Å². The van der Waals surface area contributed by atoms with E-state index in [2.05, 4.69) is 0 Å². The van der Waals surface area contributed by atoms with Crippen LogP contribution < -0.4 is 4.74 Å². The average Bonchev–Trinajstić information content (AvgIpc) is 2.48. The number of rotatable bonds is 3. The molecule has 1 aliphatic heterocycles. The molecule has 0 saturated carbocycles. The molecule has 1 N–H and O–H groups in total. The third-order valence-corrected chi connectivity index (χ3v) is 3.49. The van der Waals surface area contributed by atoms with Gasteiger partial charge in [-0.1, -0.05) is 23.9 Å². The number of carboxylic acid groups (broad SMARTS) is 1. The van der Waals surface area contributed by atoms with Crippen molar-refractivity contribution in [3.05, 3.63) is 23.8 Å². The Kier molecular flexibility index (Phi) is 2.84. The molecule has 0 unspecified atom stereocenters. The third kappa shape index (κ3) is 2.32. The lowest BCUT2D eigenvalue weighted by Crippen LogP contribution is -2.18. The van der Waals surface area contributed by atoms with Gasteiger partial charge in [-0.3, -0.25) is 4.79 Å². The first kappa shape index (κ1) is 11.3. The number of para-hydroxylation sites is 1. The minimum absolute atomic E-state index is 0.144. The second-order valence-corrected chi connectivity index (χ2v) is 5.87. The summed E-state index contributed by atoms with van der Waals surface area (Å²) < 4.78 is 5.83. The molecule has 1 aromatic carbocycles. The molecule has 1 aliphatic rings. The Morgan fingerprint density at radius 2 is 2.25 bits per heavy atom. The summed E-state index contributed by atoms with van der Waals surface area (Å²) in [5, 5.41) is 8.68. The van der Waals surface area contributed by atoms with Crippen LogP contribution in [0.1, 0.15) is 25.8 Å². The van der Waals surface area contributed by atoms with Crippen molar-refractivity contribution in [2.45, 2.75) is 36.5 Å². The first-order valence-corrected chi connectivity index (χ1v) is 6.01. The van der Waals surface area contributed by atoms with Gasteiger partial charge in [0.2, 0.25) is 0 Å². The van der Waals surface area contributed by atoms with Crippen LogP contribution in [0, 0.1) is 0 Å². The van der Waals surface area contributed by atoms with Gasteiger partial charge in [0.15, 0.2) is 4.93 Å². The van der Waals surface area contributed by atoms with Crippen molar-refractivity contribution in [3.8, 4) is 5.75 Å². The summed E-state index contributed by atoms with van der Waals surface area (Å²) in [6.45, 7) is 4.03. The average molecular weight is 238 g/mol.